The Bertz CT molecular complexity index is 1100. The average molecular weight is 418 g/mol. The predicted octanol–water partition coefficient (Wildman–Crippen LogP) is 0.241. The molecule has 0 spiro atoms. The Kier molecular flexibility index (Phi) is 5.13. The number of hydrogen-bond donors (Lipinski definition) is 0. The molecule has 0 unspecified atom stereocenters. The van der Waals surface area contributed by atoms with Gasteiger partial charge in [0.1, 0.15) is 22.7 Å². The number of benzene rings is 1. The molecule has 1 aliphatic heterocycles. The van der Waals surface area contributed by atoms with Crippen LogP contribution in [-0.2, 0) is 21.8 Å². The summed E-state index contributed by atoms with van der Waals surface area (Å²) in [6, 6.07) is 7.91. The van der Waals surface area contributed by atoms with E-state index in [0.717, 1.165) is 0 Å². The fourth-order valence-corrected chi connectivity index (χ4v) is 4.40. The molecule has 0 aliphatic carbocycles. The van der Waals surface area contributed by atoms with Gasteiger partial charge in [-0.25, -0.2) is 17.9 Å². The number of rotatable bonds is 5. The predicted molar refractivity (Wildman–Crippen MR) is 99.1 cm³/mol. The van der Waals surface area contributed by atoms with E-state index in [1.165, 1.54) is 32.1 Å². The Morgan fingerprint density at radius 2 is 1.90 bits per heavy atom. The summed E-state index contributed by atoms with van der Waals surface area (Å²) in [5, 5.41) is 10.9. The molecule has 29 heavy (non-hydrogen) atoms. The monoisotopic (exact) mass is 418 g/mol. The summed E-state index contributed by atoms with van der Waals surface area (Å²) < 4.78 is 40.4. The molecule has 0 saturated carbocycles. The SMILES string of the molecule is Cn1cc(S(=O)(=O)N2CCOCC2)cc1C(=O)Oc1ccc(-n2cnnn2)cc1. The summed E-state index contributed by atoms with van der Waals surface area (Å²) in [7, 11) is -2.10. The van der Waals surface area contributed by atoms with E-state index in [9.17, 15) is 13.2 Å². The normalized spacial score (nSPS) is 15.3. The quantitative estimate of drug-likeness (QED) is 0.427. The van der Waals surface area contributed by atoms with Crippen LogP contribution in [0.3, 0.4) is 0 Å². The number of aryl methyl sites for hydroxylation is 1. The van der Waals surface area contributed by atoms with Crippen LogP contribution >= 0.6 is 0 Å². The van der Waals surface area contributed by atoms with Crippen molar-refractivity contribution in [2.75, 3.05) is 26.3 Å². The molecule has 1 aromatic carbocycles. The van der Waals surface area contributed by atoms with E-state index < -0.39 is 16.0 Å². The molecule has 1 aliphatic rings. The van der Waals surface area contributed by atoms with Crippen LogP contribution in [0.25, 0.3) is 5.69 Å². The number of carbonyl (C=O) groups excluding carboxylic acids is 1. The zero-order valence-electron chi connectivity index (χ0n) is 15.5. The summed E-state index contributed by atoms with van der Waals surface area (Å²) in [5.74, 6) is -0.350. The van der Waals surface area contributed by atoms with Crippen LogP contribution in [0.1, 0.15) is 10.5 Å². The summed E-state index contributed by atoms with van der Waals surface area (Å²) in [6.07, 6.45) is 2.85. The Hall–Kier alpha value is -3.09. The second-order valence-electron chi connectivity index (χ2n) is 6.33. The molecule has 0 atom stereocenters. The molecule has 152 valence electrons. The largest absolute Gasteiger partial charge is 0.422 e. The third kappa shape index (κ3) is 3.90. The van der Waals surface area contributed by atoms with Gasteiger partial charge in [-0.05, 0) is 40.8 Å². The van der Waals surface area contributed by atoms with Crippen molar-refractivity contribution in [3.8, 4) is 11.4 Å². The molecule has 0 amide bonds. The molecule has 0 radical (unpaired) electrons. The maximum atomic E-state index is 12.8. The molecule has 1 saturated heterocycles. The minimum Gasteiger partial charge on any atom is -0.422 e. The molecular formula is C17H18N6O5S. The first kappa shape index (κ1) is 19.2. The number of tetrazole rings is 1. The Labute approximate surface area is 166 Å². The standard InChI is InChI=1S/C17H18N6O5S/c1-21-11-15(29(25,26)22-6-8-27-9-7-22)10-16(21)17(24)28-14-4-2-13(3-5-14)23-12-18-19-20-23/h2-5,10-12H,6-9H2,1H3. The van der Waals surface area contributed by atoms with E-state index >= 15 is 0 Å². The molecule has 4 rings (SSSR count). The van der Waals surface area contributed by atoms with Gasteiger partial charge in [0.25, 0.3) is 0 Å². The van der Waals surface area contributed by atoms with Crippen LogP contribution in [0.5, 0.6) is 5.75 Å². The third-order valence-corrected chi connectivity index (χ3v) is 6.32. The molecule has 0 bridgehead atoms. The average Bonchev–Trinajstić information content (AvgIpc) is 3.39. The highest BCUT2D eigenvalue weighted by atomic mass is 32.2. The molecule has 0 N–H and O–H groups in total. The molecule has 3 aromatic rings. The second-order valence-corrected chi connectivity index (χ2v) is 8.26. The van der Waals surface area contributed by atoms with Crippen LogP contribution in [0.2, 0.25) is 0 Å². The fraction of sp³-hybridized carbons (Fsp3) is 0.294. The zero-order valence-corrected chi connectivity index (χ0v) is 16.3. The highest BCUT2D eigenvalue weighted by molar-refractivity contribution is 7.89. The van der Waals surface area contributed by atoms with Crippen LogP contribution in [0.15, 0.2) is 47.8 Å². The van der Waals surface area contributed by atoms with Gasteiger partial charge in [0.2, 0.25) is 10.0 Å². The van der Waals surface area contributed by atoms with Crippen molar-refractivity contribution >= 4 is 16.0 Å². The maximum absolute atomic E-state index is 12.8. The molecule has 11 nitrogen and oxygen atoms in total. The number of esters is 1. The van der Waals surface area contributed by atoms with E-state index in [1.807, 2.05) is 0 Å². The molecule has 12 heteroatoms. The minimum absolute atomic E-state index is 0.0443. The van der Waals surface area contributed by atoms with Crippen molar-refractivity contribution < 1.29 is 22.7 Å². The van der Waals surface area contributed by atoms with Gasteiger partial charge < -0.3 is 14.0 Å². The maximum Gasteiger partial charge on any atom is 0.360 e. The lowest BCUT2D eigenvalue weighted by Gasteiger charge is -2.25. The lowest BCUT2D eigenvalue weighted by molar-refractivity contribution is 0.0723. The molecule has 2 aromatic heterocycles. The van der Waals surface area contributed by atoms with Gasteiger partial charge in [0.05, 0.1) is 18.9 Å². The van der Waals surface area contributed by atoms with Gasteiger partial charge in [-0.3, -0.25) is 0 Å². The Balaban J connectivity index is 1.50. The number of aromatic nitrogens is 5. The van der Waals surface area contributed by atoms with E-state index in [1.54, 1.807) is 31.3 Å². The summed E-state index contributed by atoms with van der Waals surface area (Å²) in [6.45, 7) is 1.26. The highest BCUT2D eigenvalue weighted by Gasteiger charge is 2.29. The highest BCUT2D eigenvalue weighted by Crippen LogP contribution is 2.21. The summed E-state index contributed by atoms with van der Waals surface area (Å²) in [4.78, 5) is 12.6. The van der Waals surface area contributed by atoms with Crippen LogP contribution < -0.4 is 4.74 Å². The number of sulfonamides is 1. The van der Waals surface area contributed by atoms with Crippen molar-refractivity contribution in [2.24, 2.45) is 7.05 Å². The van der Waals surface area contributed by atoms with Crippen molar-refractivity contribution in [3.05, 3.63) is 48.5 Å². The number of nitrogens with zero attached hydrogens (tertiary/aromatic N) is 6. The van der Waals surface area contributed by atoms with E-state index in [0.29, 0.717) is 24.7 Å². The van der Waals surface area contributed by atoms with Gasteiger partial charge >= 0.3 is 5.97 Å². The summed E-state index contributed by atoms with van der Waals surface area (Å²) in [5.41, 5.74) is 0.828. The lowest BCUT2D eigenvalue weighted by Crippen LogP contribution is -2.40. The van der Waals surface area contributed by atoms with Crippen LogP contribution in [0.4, 0.5) is 0 Å². The van der Waals surface area contributed by atoms with Gasteiger partial charge in [0.15, 0.2) is 0 Å². The van der Waals surface area contributed by atoms with E-state index in [-0.39, 0.29) is 23.7 Å². The van der Waals surface area contributed by atoms with Crippen molar-refractivity contribution in [1.82, 2.24) is 29.1 Å². The van der Waals surface area contributed by atoms with E-state index in [4.69, 9.17) is 9.47 Å². The van der Waals surface area contributed by atoms with Gasteiger partial charge in [-0.2, -0.15) is 4.31 Å². The van der Waals surface area contributed by atoms with Crippen LogP contribution in [-0.4, -0.2) is 69.8 Å². The lowest BCUT2D eigenvalue weighted by atomic mass is 10.3. The Morgan fingerprint density at radius 1 is 1.17 bits per heavy atom. The van der Waals surface area contributed by atoms with Gasteiger partial charge in [-0.1, -0.05) is 0 Å². The number of hydrogen-bond acceptors (Lipinski definition) is 8. The first-order chi connectivity index (χ1) is 13.9. The fourth-order valence-electron chi connectivity index (χ4n) is 2.92. The number of morpholine rings is 1. The topological polar surface area (TPSA) is 121 Å². The van der Waals surface area contributed by atoms with Crippen molar-refractivity contribution in [3.63, 3.8) is 0 Å². The summed E-state index contributed by atoms with van der Waals surface area (Å²) >= 11 is 0. The zero-order chi connectivity index (χ0) is 20.4. The molecule has 1 fully saturated rings. The Morgan fingerprint density at radius 3 is 2.55 bits per heavy atom. The first-order valence-corrected chi connectivity index (χ1v) is 10.2. The smallest absolute Gasteiger partial charge is 0.360 e. The van der Waals surface area contributed by atoms with Gasteiger partial charge in [0, 0.05) is 26.3 Å². The third-order valence-electron chi connectivity index (χ3n) is 4.46. The van der Waals surface area contributed by atoms with Crippen molar-refractivity contribution in [1.29, 1.82) is 0 Å². The number of carbonyl (C=O) groups is 1. The van der Waals surface area contributed by atoms with Crippen LogP contribution in [0, 0.1) is 0 Å². The molecule has 3 heterocycles. The molecular weight excluding hydrogens is 400 g/mol. The van der Waals surface area contributed by atoms with Crippen molar-refractivity contribution in [2.45, 2.75) is 4.90 Å². The minimum atomic E-state index is -3.70. The van der Waals surface area contributed by atoms with Gasteiger partial charge in [-0.15, -0.1) is 5.10 Å². The first-order valence-electron chi connectivity index (χ1n) is 8.75. The van der Waals surface area contributed by atoms with E-state index in [2.05, 4.69) is 15.5 Å². The second kappa shape index (κ2) is 7.73. The number of ether oxygens (including phenoxy) is 2.